The number of nitrogens with one attached hydrogen (secondary N) is 1. The molecule has 0 aliphatic heterocycles. The van der Waals surface area contributed by atoms with Crippen molar-refractivity contribution in [3.63, 3.8) is 0 Å². The molecule has 1 amide bonds. The topological polar surface area (TPSA) is 41.5 Å². The Morgan fingerprint density at radius 3 is 2.71 bits per heavy atom. The van der Waals surface area contributed by atoms with Gasteiger partial charge in [-0.15, -0.1) is 0 Å². The zero-order valence-electron chi connectivity index (χ0n) is 12.9. The highest BCUT2D eigenvalue weighted by Crippen LogP contribution is 2.31. The molecule has 1 aliphatic rings. The average molecular weight is 290 g/mol. The Morgan fingerprint density at radius 2 is 2.05 bits per heavy atom. The summed E-state index contributed by atoms with van der Waals surface area (Å²) in [6.07, 6.45) is 3.21. The van der Waals surface area contributed by atoms with Gasteiger partial charge < -0.3 is 0 Å². The Morgan fingerprint density at radius 1 is 1.33 bits per heavy atom. The van der Waals surface area contributed by atoms with E-state index in [4.69, 9.17) is 0 Å². The van der Waals surface area contributed by atoms with Crippen LogP contribution in [0.15, 0.2) is 29.4 Å². The maximum absolute atomic E-state index is 13.6. The molecule has 1 aromatic carbocycles. The van der Waals surface area contributed by atoms with Gasteiger partial charge in [-0.25, -0.2) is 9.82 Å². The number of benzene rings is 1. The fourth-order valence-electron chi connectivity index (χ4n) is 2.92. The third-order valence-electron chi connectivity index (χ3n) is 4.18. The van der Waals surface area contributed by atoms with Gasteiger partial charge in [0.15, 0.2) is 0 Å². The summed E-state index contributed by atoms with van der Waals surface area (Å²) < 4.78 is 13.6. The lowest BCUT2D eigenvalue weighted by Gasteiger charge is -2.30. The maximum Gasteiger partial charge on any atom is 0.274 e. The van der Waals surface area contributed by atoms with Crippen LogP contribution in [0.5, 0.6) is 0 Å². The van der Waals surface area contributed by atoms with Crippen molar-refractivity contribution in [3.05, 3.63) is 35.6 Å². The van der Waals surface area contributed by atoms with Crippen molar-refractivity contribution in [2.75, 3.05) is 0 Å². The summed E-state index contributed by atoms with van der Waals surface area (Å²) in [6, 6.07) is 5.95. The smallest absolute Gasteiger partial charge is 0.267 e. The normalized spacial score (nSPS) is 24.3. The molecule has 1 fully saturated rings. The molecular formula is C17H23FN2O. The SMILES string of the molecule is CC(C)[C@H]1CC[C@H](C)C/C1=N/NC(=O)c1ccccc1F. The Labute approximate surface area is 125 Å². The summed E-state index contributed by atoms with van der Waals surface area (Å²) in [6.45, 7) is 6.55. The van der Waals surface area contributed by atoms with E-state index in [0.717, 1.165) is 18.6 Å². The van der Waals surface area contributed by atoms with E-state index in [1.807, 2.05) is 0 Å². The van der Waals surface area contributed by atoms with Crippen LogP contribution in [0.3, 0.4) is 0 Å². The predicted octanol–water partition coefficient (Wildman–Crippen LogP) is 4.00. The van der Waals surface area contributed by atoms with Gasteiger partial charge in [0.25, 0.3) is 5.91 Å². The fraction of sp³-hybridized carbons (Fsp3) is 0.529. The molecule has 21 heavy (non-hydrogen) atoms. The average Bonchev–Trinajstić information content (AvgIpc) is 2.45. The number of hydrogen-bond donors (Lipinski definition) is 1. The monoisotopic (exact) mass is 290 g/mol. The Balaban J connectivity index is 2.11. The van der Waals surface area contributed by atoms with Crippen molar-refractivity contribution in [2.24, 2.45) is 22.9 Å². The molecule has 0 aromatic heterocycles. The van der Waals surface area contributed by atoms with Crippen molar-refractivity contribution in [1.29, 1.82) is 0 Å². The van der Waals surface area contributed by atoms with Crippen molar-refractivity contribution in [1.82, 2.24) is 5.43 Å². The minimum Gasteiger partial charge on any atom is -0.267 e. The Bertz CT molecular complexity index is 539. The molecule has 2 rings (SSSR count). The number of amides is 1. The first kappa shape index (κ1) is 15.7. The van der Waals surface area contributed by atoms with E-state index in [1.165, 1.54) is 18.6 Å². The maximum atomic E-state index is 13.6. The minimum absolute atomic E-state index is 0.0341. The second kappa shape index (κ2) is 6.83. The number of carbonyl (C=O) groups excluding carboxylic acids is 1. The first-order valence-electron chi connectivity index (χ1n) is 7.60. The lowest BCUT2D eigenvalue weighted by atomic mass is 9.76. The zero-order valence-corrected chi connectivity index (χ0v) is 12.9. The summed E-state index contributed by atoms with van der Waals surface area (Å²) in [4.78, 5) is 12.0. The fourth-order valence-corrected chi connectivity index (χ4v) is 2.92. The standard InChI is InChI=1S/C17H23FN2O/c1-11(2)13-9-8-12(3)10-16(13)19-20-17(21)14-6-4-5-7-15(14)18/h4-7,11-13H,8-10H2,1-3H3,(H,20,21)/b19-16-/t12-,13+/m0/s1. The van der Waals surface area contributed by atoms with E-state index in [1.54, 1.807) is 12.1 Å². The number of hydrogen-bond acceptors (Lipinski definition) is 2. The van der Waals surface area contributed by atoms with E-state index in [2.05, 4.69) is 31.3 Å². The molecule has 3 nitrogen and oxygen atoms in total. The quantitative estimate of drug-likeness (QED) is 0.840. The van der Waals surface area contributed by atoms with E-state index in [0.29, 0.717) is 17.8 Å². The molecule has 1 N–H and O–H groups in total. The molecular weight excluding hydrogens is 267 g/mol. The summed E-state index contributed by atoms with van der Waals surface area (Å²) in [5.74, 6) is 0.488. The summed E-state index contributed by atoms with van der Waals surface area (Å²) >= 11 is 0. The van der Waals surface area contributed by atoms with Gasteiger partial charge in [-0.2, -0.15) is 5.10 Å². The lowest BCUT2D eigenvalue weighted by Crippen LogP contribution is -2.31. The predicted molar refractivity (Wildman–Crippen MR) is 82.6 cm³/mol. The number of rotatable bonds is 3. The van der Waals surface area contributed by atoms with Gasteiger partial charge in [-0.1, -0.05) is 32.9 Å². The summed E-state index contributed by atoms with van der Waals surface area (Å²) in [5.41, 5.74) is 3.59. The highest BCUT2D eigenvalue weighted by atomic mass is 19.1. The molecule has 114 valence electrons. The van der Waals surface area contributed by atoms with Crippen LogP contribution in [0, 0.1) is 23.6 Å². The van der Waals surface area contributed by atoms with Gasteiger partial charge in [0, 0.05) is 11.6 Å². The van der Waals surface area contributed by atoms with Crippen LogP contribution in [-0.4, -0.2) is 11.6 Å². The van der Waals surface area contributed by atoms with Crippen LogP contribution in [0.2, 0.25) is 0 Å². The molecule has 4 heteroatoms. The van der Waals surface area contributed by atoms with E-state index >= 15 is 0 Å². The van der Waals surface area contributed by atoms with Crippen LogP contribution >= 0.6 is 0 Å². The Kier molecular flexibility index (Phi) is 5.10. The third-order valence-corrected chi connectivity index (χ3v) is 4.18. The molecule has 0 heterocycles. The number of carbonyl (C=O) groups is 1. The molecule has 0 spiro atoms. The van der Waals surface area contributed by atoms with Gasteiger partial charge in [0.05, 0.1) is 5.56 Å². The first-order chi connectivity index (χ1) is 9.99. The van der Waals surface area contributed by atoms with Gasteiger partial charge in [0.2, 0.25) is 0 Å². The molecule has 0 bridgehead atoms. The number of hydrazone groups is 1. The second-order valence-corrected chi connectivity index (χ2v) is 6.26. The number of nitrogens with zero attached hydrogens (tertiary/aromatic N) is 1. The van der Waals surface area contributed by atoms with Crippen molar-refractivity contribution >= 4 is 11.6 Å². The molecule has 0 unspecified atom stereocenters. The Hall–Kier alpha value is -1.71. The van der Waals surface area contributed by atoms with Crippen LogP contribution in [0.1, 0.15) is 50.4 Å². The van der Waals surface area contributed by atoms with Crippen molar-refractivity contribution in [3.8, 4) is 0 Å². The molecule has 2 atom stereocenters. The van der Waals surface area contributed by atoms with Gasteiger partial charge in [-0.05, 0) is 43.2 Å². The van der Waals surface area contributed by atoms with Gasteiger partial charge in [0.1, 0.15) is 5.82 Å². The van der Waals surface area contributed by atoms with Gasteiger partial charge >= 0.3 is 0 Å². The molecule has 1 saturated carbocycles. The lowest BCUT2D eigenvalue weighted by molar-refractivity contribution is 0.0950. The summed E-state index contributed by atoms with van der Waals surface area (Å²) in [5, 5.41) is 4.30. The number of halogens is 1. The van der Waals surface area contributed by atoms with Crippen molar-refractivity contribution in [2.45, 2.75) is 40.0 Å². The minimum atomic E-state index is -0.521. The highest BCUT2D eigenvalue weighted by Gasteiger charge is 2.27. The summed E-state index contributed by atoms with van der Waals surface area (Å²) in [7, 11) is 0. The van der Waals surface area contributed by atoms with Crippen LogP contribution in [0.25, 0.3) is 0 Å². The van der Waals surface area contributed by atoms with E-state index < -0.39 is 11.7 Å². The van der Waals surface area contributed by atoms with E-state index in [9.17, 15) is 9.18 Å². The molecule has 1 aliphatic carbocycles. The van der Waals surface area contributed by atoms with Crippen molar-refractivity contribution < 1.29 is 9.18 Å². The van der Waals surface area contributed by atoms with Crippen LogP contribution < -0.4 is 5.43 Å². The first-order valence-corrected chi connectivity index (χ1v) is 7.60. The van der Waals surface area contributed by atoms with Gasteiger partial charge in [-0.3, -0.25) is 4.79 Å². The second-order valence-electron chi connectivity index (χ2n) is 6.26. The molecule has 1 aromatic rings. The largest absolute Gasteiger partial charge is 0.274 e. The molecule has 0 saturated heterocycles. The van der Waals surface area contributed by atoms with Crippen LogP contribution in [-0.2, 0) is 0 Å². The molecule has 0 radical (unpaired) electrons. The van der Waals surface area contributed by atoms with Crippen LogP contribution in [0.4, 0.5) is 4.39 Å². The van der Waals surface area contributed by atoms with E-state index in [-0.39, 0.29) is 5.56 Å². The highest BCUT2D eigenvalue weighted by molar-refractivity contribution is 5.96. The zero-order chi connectivity index (χ0) is 15.4. The third kappa shape index (κ3) is 3.90.